The van der Waals surface area contributed by atoms with Crippen LogP contribution in [0, 0.1) is 5.41 Å². The number of carbonyl (C=O) groups is 1. The van der Waals surface area contributed by atoms with Crippen LogP contribution in [0.1, 0.15) is 34.1 Å². The van der Waals surface area contributed by atoms with E-state index in [4.69, 9.17) is 0 Å². The molecule has 1 aromatic rings. The van der Waals surface area contributed by atoms with E-state index in [9.17, 15) is 4.79 Å². The predicted molar refractivity (Wildman–Crippen MR) is 101 cm³/mol. The molecule has 0 aliphatic carbocycles. The van der Waals surface area contributed by atoms with Gasteiger partial charge in [-0.25, -0.2) is 0 Å². The minimum absolute atomic E-state index is 0.201. The van der Waals surface area contributed by atoms with Crippen molar-refractivity contribution in [1.29, 1.82) is 0 Å². The smallest absolute Gasteiger partial charge is 0.241 e. The molecule has 0 bridgehead atoms. The van der Waals surface area contributed by atoms with Gasteiger partial charge in [-0.15, -0.1) is 0 Å². The zero-order valence-corrected chi connectivity index (χ0v) is 15.8. The Labute approximate surface area is 147 Å². The first kappa shape index (κ1) is 18.9. The van der Waals surface area contributed by atoms with Gasteiger partial charge < -0.3 is 9.80 Å². The van der Waals surface area contributed by atoms with Gasteiger partial charge in [0.15, 0.2) is 0 Å². The Hall–Kier alpha value is -1.39. The van der Waals surface area contributed by atoms with Gasteiger partial charge in [-0.05, 0) is 37.4 Å². The zero-order chi connectivity index (χ0) is 17.6. The summed E-state index contributed by atoms with van der Waals surface area (Å²) in [5, 5.41) is 0. The number of benzene rings is 1. The van der Waals surface area contributed by atoms with Crippen molar-refractivity contribution in [3.8, 4) is 0 Å². The van der Waals surface area contributed by atoms with E-state index in [-0.39, 0.29) is 5.91 Å². The van der Waals surface area contributed by atoms with Crippen molar-refractivity contribution in [3.63, 3.8) is 0 Å². The average molecular weight is 332 g/mol. The van der Waals surface area contributed by atoms with Crippen LogP contribution in [0.2, 0.25) is 0 Å². The first-order chi connectivity index (χ1) is 11.4. The molecule has 1 aliphatic rings. The number of anilines is 1. The lowest BCUT2D eigenvalue weighted by Gasteiger charge is -2.36. The van der Waals surface area contributed by atoms with Crippen molar-refractivity contribution < 1.29 is 4.79 Å². The predicted octanol–water partition coefficient (Wildman–Crippen LogP) is 3.09. The van der Waals surface area contributed by atoms with Gasteiger partial charge >= 0.3 is 0 Å². The van der Waals surface area contributed by atoms with E-state index < -0.39 is 0 Å². The summed E-state index contributed by atoms with van der Waals surface area (Å²) >= 11 is 0. The molecule has 0 aromatic heterocycles. The maximum atomic E-state index is 12.7. The molecule has 1 saturated heterocycles. The van der Waals surface area contributed by atoms with Crippen LogP contribution < -0.4 is 4.90 Å². The van der Waals surface area contributed by atoms with E-state index in [0.717, 1.165) is 38.4 Å². The largest absolute Gasteiger partial charge is 0.312 e. The number of likely N-dealkylation sites (N-methyl/N-ethyl adjacent to an activating group) is 1. The normalized spacial score (nSPS) is 17.0. The molecule has 0 N–H and O–H groups in total. The number of rotatable bonds is 6. The van der Waals surface area contributed by atoms with Crippen LogP contribution in [-0.4, -0.2) is 61.5 Å². The molecule has 0 unspecified atom stereocenters. The number of para-hydroxylation sites is 1. The first-order valence-corrected chi connectivity index (χ1v) is 9.19. The van der Waals surface area contributed by atoms with Gasteiger partial charge in [0.2, 0.25) is 5.91 Å². The molecule has 1 heterocycles. The number of hydrogen-bond donors (Lipinski definition) is 0. The van der Waals surface area contributed by atoms with Gasteiger partial charge in [-0.1, -0.05) is 39.0 Å². The van der Waals surface area contributed by atoms with E-state index >= 15 is 0 Å². The van der Waals surface area contributed by atoms with Crippen LogP contribution in [-0.2, 0) is 4.79 Å². The maximum absolute atomic E-state index is 12.7. The number of hydrogen-bond acceptors (Lipinski definition) is 3. The van der Waals surface area contributed by atoms with Crippen LogP contribution in [0.4, 0.5) is 5.69 Å². The molecular formula is C20H33N3O. The van der Waals surface area contributed by atoms with Crippen molar-refractivity contribution in [1.82, 2.24) is 9.80 Å². The Morgan fingerprint density at radius 1 is 1.04 bits per heavy atom. The fourth-order valence-electron chi connectivity index (χ4n) is 3.05. The summed E-state index contributed by atoms with van der Waals surface area (Å²) < 4.78 is 0. The third kappa shape index (κ3) is 5.91. The number of piperazine rings is 1. The summed E-state index contributed by atoms with van der Waals surface area (Å²) in [6.45, 7) is 15.4. The summed E-state index contributed by atoms with van der Waals surface area (Å²) in [4.78, 5) is 19.4. The second kappa shape index (κ2) is 8.63. The highest BCUT2D eigenvalue weighted by Crippen LogP contribution is 2.19. The van der Waals surface area contributed by atoms with E-state index in [0.29, 0.717) is 18.5 Å². The highest BCUT2D eigenvalue weighted by atomic mass is 16.2. The number of nitrogens with zero attached hydrogens (tertiary/aromatic N) is 3. The van der Waals surface area contributed by atoms with E-state index in [2.05, 4.69) is 30.6 Å². The Bertz CT molecular complexity index is 501. The average Bonchev–Trinajstić information content (AvgIpc) is 2.55. The lowest BCUT2D eigenvalue weighted by Crippen LogP contribution is -2.50. The Balaban J connectivity index is 1.79. The molecule has 1 fully saturated rings. The van der Waals surface area contributed by atoms with Crippen LogP contribution in [0.15, 0.2) is 30.3 Å². The molecule has 134 valence electrons. The Morgan fingerprint density at radius 3 is 2.17 bits per heavy atom. The molecule has 0 spiro atoms. The SMILES string of the molecule is CCN(C(=O)CN1CCN(CCC(C)(C)C)CC1)c1ccccc1. The van der Waals surface area contributed by atoms with Crippen LogP contribution >= 0.6 is 0 Å². The quantitative estimate of drug-likeness (QED) is 0.801. The van der Waals surface area contributed by atoms with Crippen molar-refractivity contribution >= 4 is 11.6 Å². The van der Waals surface area contributed by atoms with E-state index in [1.807, 2.05) is 42.2 Å². The van der Waals surface area contributed by atoms with E-state index in [1.54, 1.807) is 0 Å². The van der Waals surface area contributed by atoms with Crippen molar-refractivity contribution in [2.45, 2.75) is 34.1 Å². The molecule has 24 heavy (non-hydrogen) atoms. The van der Waals surface area contributed by atoms with Crippen LogP contribution in [0.25, 0.3) is 0 Å². The van der Waals surface area contributed by atoms with Crippen molar-refractivity contribution in [2.75, 3.05) is 50.7 Å². The monoisotopic (exact) mass is 331 g/mol. The molecule has 4 heteroatoms. The van der Waals surface area contributed by atoms with E-state index in [1.165, 1.54) is 6.42 Å². The van der Waals surface area contributed by atoms with Gasteiger partial charge in [0.05, 0.1) is 6.54 Å². The van der Waals surface area contributed by atoms with Crippen LogP contribution in [0.5, 0.6) is 0 Å². The molecule has 4 nitrogen and oxygen atoms in total. The minimum atomic E-state index is 0.201. The minimum Gasteiger partial charge on any atom is -0.312 e. The number of amides is 1. The summed E-state index contributed by atoms with van der Waals surface area (Å²) in [5.74, 6) is 0.201. The topological polar surface area (TPSA) is 26.8 Å². The molecule has 0 atom stereocenters. The second-order valence-electron chi connectivity index (χ2n) is 7.90. The summed E-state index contributed by atoms with van der Waals surface area (Å²) in [6, 6.07) is 9.97. The standard InChI is InChI=1S/C20H33N3O/c1-5-23(18-9-7-6-8-10-18)19(24)17-22-15-13-21(14-16-22)12-11-20(2,3)4/h6-10H,5,11-17H2,1-4H3. The third-order valence-electron chi connectivity index (χ3n) is 4.69. The highest BCUT2D eigenvalue weighted by molar-refractivity contribution is 5.94. The molecule has 1 aliphatic heterocycles. The van der Waals surface area contributed by atoms with Gasteiger partial charge in [0.1, 0.15) is 0 Å². The van der Waals surface area contributed by atoms with Crippen molar-refractivity contribution in [3.05, 3.63) is 30.3 Å². The molecule has 1 aromatic carbocycles. The summed E-state index contributed by atoms with van der Waals surface area (Å²) in [6.07, 6.45) is 1.23. The molecule has 2 rings (SSSR count). The summed E-state index contributed by atoms with van der Waals surface area (Å²) in [7, 11) is 0. The molecule has 0 radical (unpaired) electrons. The van der Waals surface area contributed by atoms with Crippen molar-refractivity contribution in [2.24, 2.45) is 5.41 Å². The highest BCUT2D eigenvalue weighted by Gasteiger charge is 2.22. The third-order valence-corrected chi connectivity index (χ3v) is 4.69. The lowest BCUT2D eigenvalue weighted by atomic mass is 9.92. The summed E-state index contributed by atoms with van der Waals surface area (Å²) in [5.41, 5.74) is 1.39. The first-order valence-electron chi connectivity index (χ1n) is 9.19. The fourth-order valence-corrected chi connectivity index (χ4v) is 3.05. The van der Waals surface area contributed by atoms with Gasteiger partial charge in [0.25, 0.3) is 0 Å². The number of carbonyl (C=O) groups excluding carboxylic acids is 1. The second-order valence-corrected chi connectivity index (χ2v) is 7.90. The van der Waals surface area contributed by atoms with Gasteiger partial charge in [-0.3, -0.25) is 9.69 Å². The Morgan fingerprint density at radius 2 is 1.62 bits per heavy atom. The maximum Gasteiger partial charge on any atom is 0.241 e. The molecule has 0 saturated carbocycles. The zero-order valence-electron chi connectivity index (χ0n) is 15.8. The van der Waals surface area contributed by atoms with Gasteiger partial charge in [0, 0.05) is 38.4 Å². The van der Waals surface area contributed by atoms with Gasteiger partial charge in [-0.2, -0.15) is 0 Å². The molecule has 1 amide bonds. The Kier molecular flexibility index (Phi) is 6.81. The lowest BCUT2D eigenvalue weighted by molar-refractivity contribution is -0.120. The van der Waals surface area contributed by atoms with Crippen LogP contribution in [0.3, 0.4) is 0 Å². The fraction of sp³-hybridized carbons (Fsp3) is 0.650. The molecular weight excluding hydrogens is 298 g/mol.